The van der Waals surface area contributed by atoms with Crippen LogP contribution in [0, 0.1) is 18.6 Å². The van der Waals surface area contributed by atoms with Gasteiger partial charge in [-0.3, -0.25) is 24.3 Å². The van der Waals surface area contributed by atoms with E-state index in [1.165, 1.54) is 16.8 Å². The molecule has 3 aromatic rings. The van der Waals surface area contributed by atoms with Crippen LogP contribution in [0.1, 0.15) is 50.5 Å². The van der Waals surface area contributed by atoms with Gasteiger partial charge in [-0.05, 0) is 40.2 Å². The van der Waals surface area contributed by atoms with Gasteiger partial charge in [-0.25, -0.2) is 13.8 Å². The van der Waals surface area contributed by atoms with E-state index in [1.807, 2.05) is 0 Å². The molecule has 3 rings (SSSR count). The third-order valence-electron chi connectivity index (χ3n) is 5.13. The highest BCUT2D eigenvalue weighted by atomic mass is 35.5. The number of allylic oxidation sites excluding steroid dienone is 2. The van der Waals surface area contributed by atoms with Crippen molar-refractivity contribution in [3.05, 3.63) is 92.2 Å². The zero-order chi connectivity index (χ0) is 27.3. The Morgan fingerprint density at radius 1 is 1.27 bits per heavy atom. The Morgan fingerprint density at radius 2 is 2.00 bits per heavy atom. The fraction of sp³-hybridized carbons (Fsp3) is 0.269. The molecule has 0 aromatic carbocycles. The van der Waals surface area contributed by atoms with Gasteiger partial charge in [0.2, 0.25) is 0 Å². The maximum absolute atomic E-state index is 13.8. The van der Waals surface area contributed by atoms with Crippen LogP contribution in [-0.4, -0.2) is 30.8 Å². The molecular weight excluding hydrogens is 504 g/mol. The van der Waals surface area contributed by atoms with Gasteiger partial charge in [0.25, 0.3) is 5.56 Å². The van der Waals surface area contributed by atoms with Crippen LogP contribution in [0.4, 0.5) is 8.78 Å². The minimum Gasteiger partial charge on any atom is -0.485 e. The molecular formula is C26H26ClF2N5O3. The summed E-state index contributed by atoms with van der Waals surface area (Å²) in [6, 6.07) is 2.22. The Morgan fingerprint density at radius 3 is 2.65 bits per heavy atom. The zero-order valence-corrected chi connectivity index (χ0v) is 21.7. The van der Waals surface area contributed by atoms with E-state index in [-0.39, 0.29) is 23.1 Å². The first-order valence-electron chi connectivity index (χ1n) is 11.2. The highest BCUT2D eigenvalue weighted by molar-refractivity contribution is 6.31. The zero-order valence-electron chi connectivity index (χ0n) is 21.0. The van der Waals surface area contributed by atoms with Crippen LogP contribution >= 0.6 is 11.6 Å². The number of nitrogens with zero attached hydrogens (tertiary/aromatic N) is 5. The van der Waals surface area contributed by atoms with Crippen molar-refractivity contribution in [2.75, 3.05) is 0 Å². The molecule has 0 atom stereocenters. The molecule has 0 radical (unpaired) electrons. The quantitative estimate of drug-likeness (QED) is 0.409. The molecule has 0 aliphatic heterocycles. The lowest BCUT2D eigenvalue weighted by molar-refractivity contribution is 0.0733. The van der Waals surface area contributed by atoms with Crippen molar-refractivity contribution in [2.24, 2.45) is 4.99 Å². The molecule has 0 bridgehead atoms. The van der Waals surface area contributed by atoms with E-state index in [1.54, 1.807) is 59.3 Å². The van der Waals surface area contributed by atoms with Crippen molar-refractivity contribution in [3.8, 4) is 5.75 Å². The number of aryl methyl sites for hydroxylation is 1. The predicted octanol–water partition coefficient (Wildman–Crippen LogP) is 5.07. The number of ether oxygens (including phenoxy) is 1. The van der Waals surface area contributed by atoms with Crippen LogP contribution in [0.3, 0.4) is 0 Å². The summed E-state index contributed by atoms with van der Waals surface area (Å²) in [6.07, 6.45) is 8.77. The SMILES string of the molecule is C\C=C(/N=C\C(C)=C\n1c(C)cc(OCc2ncc(F)cc2F)c(Cl)c1=O)c1cncc(C(C)(C)O)n1. The Labute approximate surface area is 217 Å². The number of aromatic nitrogens is 4. The second-order valence-corrected chi connectivity index (χ2v) is 9.04. The Bertz CT molecular complexity index is 1460. The summed E-state index contributed by atoms with van der Waals surface area (Å²) in [4.78, 5) is 29.6. The van der Waals surface area contributed by atoms with E-state index >= 15 is 0 Å². The summed E-state index contributed by atoms with van der Waals surface area (Å²) in [7, 11) is 0. The molecule has 0 fully saturated rings. The molecule has 0 aliphatic rings. The summed E-state index contributed by atoms with van der Waals surface area (Å²) in [5.74, 6) is -1.62. The number of halogens is 3. The van der Waals surface area contributed by atoms with Crippen molar-refractivity contribution in [3.63, 3.8) is 0 Å². The molecule has 1 N–H and O–H groups in total. The number of hydrogen-bond acceptors (Lipinski definition) is 7. The van der Waals surface area contributed by atoms with Gasteiger partial charge in [0, 0.05) is 30.2 Å². The Kier molecular flexibility index (Phi) is 8.67. The van der Waals surface area contributed by atoms with Crippen LogP contribution in [0.25, 0.3) is 11.9 Å². The molecule has 0 saturated heterocycles. The van der Waals surface area contributed by atoms with Crippen molar-refractivity contribution in [2.45, 2.75) is 46.8 Å². The number of aliphatic imine (C=N–C) groups is 1. The first-order valence-corrected chi connectivity index (χ1v) is 11.6. The third kappa shape index (κ3) is 6.93. The van der Waals surface area contributed by atoms with E-state index in [0.717, 1.165) is 6.20 Å². The smallest absolute Gasteiger partial charge is 0.277 e. The molecule has 0 aliphatic carbocycles. The van der Waals surface area contributed by atoms with E-state index in [0.29, 0.717) is 34.4 Å². The van der Waals surface area contributed by atoms with E-state index < -0.39 is 22.8 Å². The van der Waals surface area contributed by atoms with Gasteiger partial charge < -0.3 is 9.84 Å². The standard InChI is InChI=1S/C26H26ClF2N5O3/c1-6-19(20-11-30-12-23(33-20)26(4,5)36)31-9-15(2)13-34-16(3)7-22(24(27)25(34)35)37-14-21-18(29)8-17(28)10-32-21/h6-13,36H,14H2,1-5H3/b15-13+,19-6-,31-9-. The van der Waals surface area contributed by atoms with Gasteiger partial charge >= 0.3 is 0 Å². The average molecular weight is 530 g/mol. The van der Waals surface area contributed by atoms with Gasteiger partial charge in [0.1, 0.15) is 40.2 Å². The van der Waals surface area contributed by atoms with Crippen molar-refractivity contribution >= 4 is 29.7 Å². The van der Waals surface area contributed by atoms with Crippen LogP contribution in [0.2, 0.25) is 5.02 Å². The predicted molar refractivity (Wildman–Crippen MR) is 138 cm³/mol. The molecule has 37 heavy (non-hydrogen) atoms. The molecule has 0 unspecified atom stereocenters. The second-order valence-electron chi connectivity index (χ2n) is 8.66. The summed E-state index contributed by atoms with van der Waals surface area (Å²) in [5.41, 5.74) is 0.714. The molecule has 3 aromatic heterocycles. The molecule has 194 valence electrons. The highest BCUT2D eigenvalue weighted by Crippen LogP contribution is 2.24. The monoisotopic (exact) mass is 529 g/mol. The lowest BCUT2D eigenvalue weighted by Gasteiger charge is -2.16. The van der Waals surface area contributed by atoms with Gasteiger partial charge in [-0.1, -0.05) is 17.7 Å². The number of hydrogen-bond donors (Lipinski definition) is 1. The summed E-state index contributed by atoms with van der Waals surface area (Å²) in [5, 5.41) is 10.00. The van der Waals surface area contributed by atoms with Crippen molar-refractivity contribution in [1.82, 2.24) is 19.5 Å². The molecule has 11 heteroatoms. The van der Waals surface area contributed by atoms with Crippen LogP contribution in [0.15, 0.2) is 52.2 Å². The van der Waals surface area contributed by atoms with E-state index in [9.17, 15) is 18.7 Å². The first kappa shape index (κ1) is 27.8. The van der Waals surface area contributed by atoms with E-state index in [2.05, 4.69) is 19.9 Å². The maximum Gasteiger partial charge on any atom is 0.277 e. The Hall–Kier alpha value is -3.76. The molecule has 0 spiro atoms. The van der Waals surface area contributed by atoms with Crippen molar-refractivity contribution in [1.29, 1.82) is 0 Å². The molecule has 3 heterocycles. The van der Waals surface area contributed by atoms with Gasteiger partial charge in [0.15, 0.2) is 5.82 Å². The topological polar surface area (TPSA) is 102 Å². The van der Waals surface area contributed by atoms with Crippen molar-refractivity contribution < 1.29 is 18.6 Å². The molecule has 0 saturated carbocycles. The average Bonchev–Trinajstić information content (AvgIpc) is 2.84. The summed E-state index contributed by atoms with van der Waals surface area (Å²) >= 11 is 6.23. The summed E-state index contributed by atoms with van der Waals surface area (Å²) in [6.45, 7) is 8.13. The highest BCUT2D eigenvalue weighted by Gasteiger charge is 2.19. The van der Waals surface area contributed by atoms with Gasteiger partial charge in [-0.2, -0.15) is 0 Å². The lowest BCUT2D eigenvalue weighted by Crippen LogP contribution is -2.20. The van der Waals surface area contributed by atoms with E-state index in [4.69, 9.17) is 16.3 Å². The minimum absolute atomic E-state index is 0.0483. The third-order valence-corrected chi connectivity index (χ3v) is 5.48. The fourth-order valence-electron chi connectivity index (χ4n) is 3.14. The lowest BCUT2D eigenvalue weighted by atomic mass is 10.1. The van der Waals surface area contributed by atoms with Gasteiger partial charge in [0.05, 0.1) is 30.0 Å². The maximum atomic E-state index is 13.8. The van der Waals surface area contributed by atoms with Gasteiger partial charge in [-0.15, -0.1) is 0 Å². The largest absolute Gasteiger partial charge is 0.485 e. The minimum atomic E-state index is -1.15. The second kappa shape index (κ2) is 11.5. The first-order chi connectivity index (χ1) is 17.4. The fourth-order valence-corrected chi connectivity index (χ4v) is 3.34. The number of rotatable bonds is 8. The normalized spacial score (nSPS) is 12.9. The molecule has 0 amide bonds. The number of pyridine rings is 2. The van der Waals surface area contributed by atoms with Crippen LogP contribution in [0.5, 0.6) is 5.75 Å². The number of aliphatic hydroxyl groups is 1. The summed E-state index contributed by atoms with van der Waals surface area (Å²) < 4.78 is 33.7. The Balaban J connectivity index is 1.82. The molecule has 8 nitrogen and oxygen atoms in total. The van der Waals surface area contributed by atoms with Crippen LogP contribution < -0.4 is 10.3 Å². The van der Waals surface area contributed by atoms with Crippen LogP contribution in [-0.2, 0) is 12.2 Å².